The van der Waals surface area contributed by atoms with Crippen LogP contribution in [-0.2, 0) is 4.74 Å². The molecule has 0 saturated heterocycles. The molecule has 2 aromatic carbocycles. The molecule has 0 radical (unpaired) electrons. The normalized spacial score (nSPS) is 10.7. The van der Waals surface area contributed by atoms with Gasteiger partial charge in [0.15, 0.2) is 0 Å². The van der Waals surface area contributed by atoms with Crippen molar-refractivity contribution < 1.29 is 9.53 Å². The van der Waals surface area contributed by atoms with Gasteiger partial charge in [0.1, 0.15) is 0 Å². The average molecular weight is 329 g/mol. The molecule has 0 saturated carbocycles. The highest BCUT2D eigenvalue weighted by Crippen LogP contribution is 2.31. The van der Waals surface area contributed by atoms with Crippen molar-refractivity contribution in [1.82, 2.24) is 4.98 Å². The molecular weight excluding hydrogens is 320 g/mol. The van der Waals surface area contributed by atoms with Gasteiger partial charge in [-0.2, -0.15) is 5.26 Å². The van der Waals surface area contributed by atoms with Crippen LogP contribution in [0, 0.1) is 11.3 Å². The van der Waals surface area contributed by atoms with Gasteiger partial charge in [-0.25, -0.2) is 4.79 Å². The summed E-state index contributed by atoms with van der Waals surface area (Å²) in [5.74, 6) is -0.382. The van der Waals surface area contributed by atoms with Crippen LogP contribution in [0.2, 0.25) is 0 Å². The molecule has 1 heterocycles. The second kappa shape index (κ2) is 4.66. The number of aromatic amines is 1. The number of rotatable bonds is 1. The smallest absolute Gasteiger partial charge is 0.337 e. The zero-order valence-electron chi connectivity index (χ0n) is 10.5. The number of esters is 1. The standard InChI is InChI=1S/C15H9BrN2O2/c1-20-15(19)8-2-3-11-12(5-8)18-13-6-10(16)4-9(7-17)14(11)13/h2-6,18H,1H3. The highest BCUT2D eigenvalue weighted by molar-refractivity contribution is 9.10. The predicted molar refractivity (Wildman–Crippen MR) is 79.6 cm³/mol. The number of hydrogen-bond donors (Lipinski definition) is 1. The molecule has 0 bridgehead atoms. The van der Waals surface area contributed by atoms with E-state index in [9.17, 15) is 10.1 Å². The van der Waals surface area contributed by atoms with Crippen LogP contribution in [0.3, 0.4) is 0 Å². The minimum absolute atomic E-state index is 0.382. The number of halogens is 1. The highest BCUT2D eigenvalue weighted by atomic mass is 79.9. The van der Waals surface area contributed by atoms with Crippen molar-refractivity contribution in [3.63, 3.8) is 0 Å². The molecule has 0 atom stereocenters. The summed E-state index contributed by atoms with van der Waals surface area (Å²) in [4.78, 5) is 14.8. The number of nitriles is 1. The maximum atomic E-state index is 11.6. The minimum Gasteiger partial charge on any atom is -0.465 e. The lowest BCUT2D eigenvalue weighted by Crippen LogP contribution is -2.00. The number of benzene rings is 2. The van der Waals surface area contributed by atoms with Crippen molar-refractivity contribution in [3.8, 4) is 6.07 Å². The number of H-pyrrole nitrogens is 1. The lowest BCUT2D eigenvalue weighted by molar-refractivity contribution is 0.0601. The number of hydrogen-bond acceptors (Lipinski definition) is 3. The fourth-order valence-electron chi connectivity index (χ4n) is 2.34. The largest absolute Gasteiger partial charge is 0.465 e. The van der Waals surface area contributed by atoms with E-state index in [4.69, 9.17) is 4.74 Å². The van der Waals surface area contributed by atoms with Crippen LogP contribution >= 0.6 is 15.9 Å². The number of nitrogens with one attached hydrogen (secondary N) is 1. The lowest BCUT2D eigenvalue weighted by Gasteiger charge is -1.99. The third kappa shape index (κ3) is 1.86. The summed E-state index contributed by atoms with van der Waals surface area (Å²) in [5.41, 5.74) is 2.72. The van der Waals surface area contributed by atoms with Crippen molar-refractivity contribution in [2.75, 3.05) is 7.11 Å². The van der Waals surface area contributed by atoms with Gasteiger partial charge in [0.05, 0.1) is 24.3 Å². The molecule has 1 aromatic heterocycles. The Bertz CT molecular complexity index is 890. The summed E-state index contributed by atoms with van der Waals surface area (Å²) in [6, 6.07) is 11.1. The van der Waals surface area contributed by atoms with E-state index >= 15 is 0 Å². The van der Waals surface area contributed by atoms with Crippen LogP contribution in [0.4, 0.5) is 0 Å². The third-order valence-corrected chi connectivity index (χ3v) is 3.66. The topological polar surface area (TPSA) is 65.9 Å². The second-order valence-corrected chi connectivity index (χ2v) is 5.28. The fourth-order valence-corrected chi connectivity index (χ4v) is 2.80. The van der Waals surface area contributed by atoms with E-state index in [1.54, 1.807) is 18.2 Å². The summed E-state index contributed by atoms with van der Waals surface area (Å²) < 4.78 is 5.55. The van der Waals surface area contributed by atoms with Gasteiger partial charge in [-0.05, 0) is 24.3 Å². The molecule has 4 nitrogen and oxygen atoms in total. The lowest BCUT2D eigenvalue weighted by atomic mass is 10.1. The van der Waals surface area contributed by atoms with E-state index in [0.29, 0.717) is 11.1 Å². The average Bonchev–Trinajstić information content (AvgIpc) is 2.82. The maximum absolute atomic E-state index is 11.6. The van der Waals surface area contributed by atoms with Crippen LogP contribution in [-0.4, -0.2) is 18.1 Å². The van der Waals surface area contributed by atoms with Crippen molar-refractivity contribution in [2.24, 2.45) is 0 Å². The number of fused-ring (bicyclic) bond motifs is 3. The van der Waals surface area contributed by atoms with Gasteiger partial charge in [0.25, 0.3) is 0 Å². The first-order valence-corrected chi connectivity index (χ1v) is 6.66. The van der Waals surface area contributed by atoms with E-state index in [0.717, 1.165) is 26.3 Å². The van der Waals surface area contributed by atoms with Crippen LogP contribution in [0.5, 0.6) is 0 Å². The number of carbonyl (C=O) groups excluding carboxylic acids is 1. The molecule has 0 fully saturated rings. The fraction of sp³-hybridized carbons (Fsp3) is 0.0667. The van der Waals surface area contributed by atoms with Gasteiger partial charge in [-0.1, -0.05) is 22.0 Å². The number of nitrogens with zero attached hydrogens (tertiary/aromatic N) is 1. The summed E-state index contributed by atoms with van der Waals surface area (Å²) in [5, 5.41) is 11.0. The van der Waals surface area contributed by atoms with Gasteiger partial charge >= 0.3 is 5.97 Å². The number of carbonyl (C=O) groups is 1. The predicted octanol–water partition coefficient (Wildman–Crippen LogP) is 3.74. The number of aromatic nitrogens is 1. The molecule has 5 heteroatoms. The molecule has 0 aliphatic carbocycles. The molecule has 3 aromatic rings. The Morgan fingerprint density at radius 2 is 2.10 bits per heavy atom. The molecular formula is C15H9BrN2O2. The monoisotopic (exact) mass is 328 g/mol. The molecule has 0 aliphatic heterocycles. The molecule has 0 spiro atoms. The van der Waals surface area contributed by atoms with Crippen LogP contribution in [0.25, 0.3) is 21.8 Å². The van der Waals surface area contributed by atoms with Crippen LogP contribution in [0.15, 0.2) is 34.8 Å². The van der Waals surface area contributed by atoms with E-state index in [1.165, 1.54) is 7.11 Å². The molecule has 98 valence electrons. The Hall–Kier alpha value is -2.32. The van der Waals surface area contributed by atoms with E-state index in [-0.39, 0.29) is 5.97 Å². The van der Waals surface area contributed by atoms with E-state index in [2.05, 4.69) is 27.0 Å². The Labute approximate surface area is 123 Å². The van der Waals surface area contributed by atoms with Crippen LogP contribution in [0.1, 0.15) is 15.9 Å². The molecule has 1 N–H and O–H groups in total. The summed E-state index contributed by atoms with van der Waals surface area (Å²) in [7, 11) is 1.35. The highest BCUT2D eigenvalue weighted by Gasteiger charge is 2.12. The Morgan fingerprint density at radius 1 is 1.30 bits per heavy atom. The third-order valence-electron chi connectivity index (χ3n) is 3.20. The second-order valence-electron chi connectivity index (χ2n) is 4.36. The quantitative estimate of drug-likeness (QED) is 0.692. The van der Waals surface area contributed by atoms with Crippen molar-refractivity contribution in [2.45, 2.75) is 0 Å². The Kier molecular flexibility index (Phi) is 2.96. The maximum Gasteiger partial charge on any atom is 0.337 e. The minimum atomic E-state index is -0.382. The van der Waals surface area contributed by atoms with Gasteiger partial charge in [0.2, 0.25) is 0 Å². The molecule has 0 unspecified atom stereocenters. The molecule has 3 rings (SSSR count). The van der Waals surface area contributed by atoms with Crippen molar-refractivity contribution >= 4 is 43.7 Å². The number of methoxy groups -OCH3 is 1. The molecule has 0 amide bonds. The summed E-state index contributed by atoms with van der Waals surface area (Å²) >= 11 is 3.38. The van der Waals surface area contributed by atoms with Gasteiger partial charge < -0.3 is 9.72 Å². The number of ether oxygens (including phenoxy) is 1. The van der Waals surface area contributed by atoms with Gasteiger partial charge in [-0.3, -0.25) is 0 Å². The first-order valence-electron chi connectivity index (χ1n) is 5.87. The summed E-state index contributed by atoms with van der Waals surface area (Å²) in [6.07, 6.45) is 0. The first-order chi connectivity index (χ1) is 9.63. The van der Waals surface area contributed by atoms with Crippen molar-refractivity contribution in [1.29, 1.82) is 5.26 Å². The molecule has 0 aliphatic rings. The van der Waals surface area contributed by atoms with E-state index < -0.39 is 0 Å². The van der Waals surface area contributed by atoms with Crippen molar-refractivity contribution in [3.05, 3.63) is 45.9 Å². The first kappa shape index (κ1) is 12.7. The van der Waals surface area contributed by atoms with E-state index in [1.807, 2.05) is 12.1 Å². The zero-order valence-corrected chi connectivity index (χ0v) is 12.1. The Balaban J connectivity index is 2.37. The zero-order chi connectivity index (χ0) is 14.3. The summed E-state index contributed by atoms with van der Waals surface area (Å²) in [6.45, 7) is 0. The van der Waals surface area contributed by atoms with Gasteiger partial charge in [-0.15, -0.1) is 0 Å². The Morgan fingerprint density at radius 3 is 2.80 bits per heavy atom. The van der Waals surface area contributed by atoms with Crippen LogP contribution < -0.4 is 0 Å². The van der Waals surface area contributed by atoms with Gasteiger partial charge in [0, 0.05) is 26.3 Å². The molecule has 20 heavy (non-hydrogen) atoms. The SMILES string of the molecule is COC(=O)c1ccc2c(c1)[nH]c1cc(Br)cc(C#N)c12.